The number of nitrogens with one attached hydrogen (secondary N) is 2. The molecule has 0 atom stereocenters. The Morgan fingerprint density at radius 1 is 1.35 bits per heavy atom. The van der Waals surface area contributed by atoms with Gasteiger partial charge in [-0.05, 0) is 38.5 Å². The molecule has 1 amide bonds. The lowest BCUT2D eigenvalue weighted by molar-refractivity contribution is 0.0956. The van der Waals surface area contributed by atoms with Crippen molar-refractivity contribution in [2.24, 2.45) is 0 Å². The molecule has 0 spiro atoms. The van der Waals surface area contributed by atoms with Gasteiger partial charge in [0.05, 0.1) is 6.54 Å². The largest absolute Gasteiger partial charge is 0.378 e. The van der Waals surface area contributed by atoms with Gasteiger partial charge in [-0.3, -0.25) is 4.79 Å². The van der Waals surface area contributed by atoms with Gasteiger partial charge in [-0.2, -0.15) is 0 Å². The molecule has 0 aliphatic carbocycles. The van der Waals surface area contributed by atoms with Crippen LogP contribution in [-0.4, -0.2) is 17.4 Å². The summed E-state index contributed by atoms with van der Waals surface area (Å²) in [5.41, 5.74) is 3.81. The van der Waals surface area contributed by atoms with Crippen molar-refractivity contribution in [3.63, 3.8) is 0 Å². The standard InChI is InChI=1S/C15H19N3OS/c1-4-16-15(19)12-6-5-10(2)13(7-12)17-8-14-18-11(3)9-20-14/h5-7,9,17H,4,8H2,1-3H3,(H,16,19). The molecule has 0 radical (unpaired) electrons. The molecule has 106 valence electrons. The number of benzene rings is 1. The van der Waals surface area contributed by atoms with Crippen LogP contribution in [0.3, 0.4) is 0 Å². The maximum Gasteiger partial charge on any atom is 0.251 e. The smallest absolute Gasteiger partial charge is 0.251 e. The molecule has 1 aromatic heterocycles. The van der Waals surface area contributed by atoms with Crippen molar-refractivity contribution >= 4 is 22.9 Å². The van der Waals surface area contributed by atoms with Crippen molar-refractivity contribution in [1.29, 1.82) is 0 Å². The van der Waals surface area contributed by atoms with Gasteiger partial charge in [0.2, 0.25) is 0 Å². The average molecular weight is 289 g/mol. The van der Waals surface area contributed by atoms with E-state index in [2.05, 4.69) is 15.6 Å². The van der Waals surface area contributed by atoms with E-state index in [1.807, 2.05) is 44.4 Å². The Balaban J connectivity index is 2.10. The van der Waals surface area contributed by atoms with Crippen LogP contribution in [0.2, 0.25) is 0 Å². The Morgan fingerprint density at radius 3 is 2.80 bits per heavy atom. The van der Waals surface area contributed by atoms with E-state index in [9.17, 15) is 4.79 Å². The van der Waals surface area contributed by atoms with E-state index >= 15 is 0 Å². The van der Waals surface area contributed by atoms with Crippen molar-refractivity contribution in [3.05, 3.63) is 45.4 Å². The van der Waals surface area contributed by atoms with Crippen LogP contribution in [0, 0.1) is 13.8 Å². The van der Waals surface area contributed by atoms with Crippen LogP contribution in [0.5, 0.6) is 0 Å². The van der Waals surface area contributed by atoms with Crippen molar-refractivity contribution < 1.29 is 4.79 Å². The monoisotopic (exact) mass is 289 g/mol. The summed E-state index contributed by atoms with van der Waals surface area (Å²) in [4.78, 5) is 16.3. The van der Waals surface area contributed by atoms with E-state index in [0.717, 1.165) is 22.0 Å². The van der Waals surface area contributed by atoms with E-state index in [1.54, 1.807) is 11.3 Å². The van der Waals surface area contributed by atoms with Gasteiger partial charge < -0.3 is 10.6 Å². The second-order valence-corrected chi connectivity index (χ2v) is 5.57. The molecule has 0 aliphatic rings. The van der Waals surface area contributed by atoms with Gasteiger partial charge in [-0.15, -0.1) is 11.3 Å². The zero-order valence-electron chi connectivity index (χ0n) is 12.0. The Labute approximate surface area is 123 Å². The summed E-state index contributed by atoms with van der Waals surface area (Å²) >= 11 is 1.64. The lowest BCUT2D eigenvalue weighted by Gasteiger charge is -2.10. The third-order valence-corrected chi connectivity index (χ3v) is 3.90. The molecule has 2 aromatic rings. The quantitative estimate of drug-likeness (QED) is 0.889. The van der Waals surface area contributed by atoms with Crippen molar-refractivity contribution in [1.82, 2.24) is 10.3 Å². The highest BCUT2D eigenvalue weighted by atomic mass is 32.1. The highest BCUT2D eigenvalue weighted by molar-refractivity contribution is 7.09. The van der Waals surface area contributed by atoms with E-state index in [-0.39, 0.29) is 5.91 Å². The lowest BCUT2D eigenvalue weighted by Crippen LogP contribution is -2.22. The first-order valence-electron chi connectivity index (χ1n) is 6.64. The number of thiazole rings is 1. The molecule has 2 rings (SSSR count). The Kier molecular flexibility index (Phi) is 4.74. The third kappa shape index (κ3) is 3.57. The maximum atomic E-state index is 11.8. The fraction of sp³-hybridized carbons (Fsp3) is 0.333. The van der Waals surface area contributed by atoms with Gasteiger partial charge in [0.25, 0.3) is 5.91 Å². The van der Waals surface area contributed by atoms with E-state index in [4.69, 9.17) is 0 Å². The fourth-order valence-corrected chi connectivity index (χ4v) is 2.58. The molecule has 0 saturated heterocycles. The molecule has 5 heteroatoms. The average Bonchev–Trinajstić information content (AvgIpc) is 2.84. The summed E-state index contributed by atoms with van der Waals surface area (Å²) in [5.74, 6) is -0.0411. The second kappa shape index (κ2) is 6.52. The SMILES string of the molecule is CCNC(=O)c1ccc(C)c(NCc2nc(C)cs2)c1. The highest BCUT2D eigenvalue weighted by Crippen LogP contribution is 2.19. The molecular weight excluding hydrogens is 270 g/mol. The van der Waals surface area contributed by atoms with Gasteiger partial charge in [0, 0.05) is 28.9 Å². The number of nitrogens with zero attached hydrogens (tertiary/aromatic N) is 1. The van der Waals surface area contributed by atoms with Crippen molar-refractivity contribution in [3.8, 4) is 0 Å². The Bertz CT molecular complexity index is 607. The number of amides is 1. The van der Waals surface area contributed by atoms with Gasteiger partial charge in [-0.25, -0.2) is 4.98 Å². The number of rotatable bonds is 5. The molecule has 0 fully saturated rings. The van der Waals surface area contributed by atoms with Gasteiger partial charge in [-0.1, -0.05) is 6.07 Å². The minimum Gasteiger partial charge on any atom is -0.378 e. The maximum absolute atomic E-state index is 11.8. The van der Waals surface area contributed by atoms with Crippen molar-refractivity contribution in [2.45, 2.75) is 27.3 Å². The first-order chi connectivity index (χ1) is 9.60. The molecule has 0 aliphatic heterocycles. The summed E-state index contributed by atoms with van der Waals surface area (Å²) < 4.78 is 0. The third-order valence-electron chi connectivity index (χ3n) is 2.93. The number of aryl methyl sites for hydroxylation is 2. The number of aromatic nitrogens is 1. The molecule has 20 heavy (non-hydrogen) atoms. The van der Waals surface area contributed by atoms with Gasteiger partial charge in [0.15, 0.2) is 0 Å². The molecule has 4 nitrogen and oxygen atoms in total. The predicted octanol–water partition coefficient (Wildman–Crippen LogP) is 3.12. The molecule has 1 aromatic carbocycles. The molecule has 0 bridgehead atoms. The molecule has 2 N–H and O–H groups in total. The predicted molar refractivity (Wildman–Crippen MR) is 83.4 cm³/mol. The van der Waals surface area contributed by atoms with Crippen molar-refractivity contribution in [2.75, 3.05) is 11.9 Å². The fourth-order valence-electron chi connectivity index (χ4n) is 1.87. The van der Waals surface area contributed by atoms with Crippen LogP contribution in [0.1, 0.15) is 33.5 Å². The topological polar surface area (TPSA) is 54.0 Å². The lowest BCUT2D eigenvalue weighted by atomic mass is 10.1. The zero-order chi connectivity index (χ0) is 14.5. The first kappa shape index (κ1) is 14.5. The number of hydrogen-bond donors (Lipinski definition) is 2. The summed E-state index contributed by atoms with van der Waals surface area (Å²) in [6.07, 6.45) is 0. The van der Waals surface area contributed by atoms with Crippen LogP contribution < -0.4 is 10.6 Å². The molecule has 1 heterocycles. The number of anilines is 1. The number of hydrogen-bond acceptors (Lipinski definition) is 4. The molecule has 0 saturated carbocycles. The molecule has 0 unspecified atom stereocenters. The van der Waals surface area contributed by atoms with Gasteiger partial charge in [0.1, 0.15) is 5.01 Å². The van der Waals surface area contributed by atoms with Crippen LogP contribution in [0.25, 0.3) is 0 Å². The van der Waals surface area contributed by atoms with Crippen LogP contribution in [-0.2, 0) is 6.54 Å². The zero-order valence-corrected chi connectivity index (χ0v) is 12.8. The molecular formula is C15H19N3OS. The van der Waals surface area contributed by atoms with Crippen LogP contribution >= 0.6 is 11.3 Å². The summed E-state index contributed by atoms with van der Waals surface area (Å²) in [6, 6.07) is 5.69. The first-order valence-corrected chi connectivity index (χ1v) is 7.52. The second-order valence-electron chi connectivity index (χ2n) is 4.63. The highest BCUT2D eigenvalue weighted by Gasteiger charge is 2.07. The minimum absolute atomic E-state index is 0.0411. The van der Waals surface area contributed by atoms with E-state index in [1.165, 1.54) is 0 Å². The number of carbonyl (C=O) groups is 1. The Morgan fingerprint density at radius 2 is 2.15 bits per heavy atom. The minimum atomic E-state index is -0.0411. The number of carbonyl (C=O) groups excluding carboxylic acids is 1. The Hall–Kier alpha value is -1.88. The summed E-state index contributed by atoms with van der Waals surface area (Å²) in [5, 5.41) is 9.24. The van der Waals surface area contributed by atoms with Gasteiger partial charge >= 0.3 is 0 Å². The summed E-state index contributed by atoms with van der Waals surface area (Å²) in [7, 11) is 0. The van der Waals surface area contributed by atoms with E-state index in [0.29, 0.717) is 18.7 Å². The van der Waals surface area contributed by atoms with E-state index < -0.39 is 0 Å². The summed E-state index contributed by atoms with van der Waals surface area (Å²) in [6.45, 7) is 7.24. The van der Waals surface area contributed by atoms with Crippen LogP contribution in [0.4, 0.5) is 5.69 Å². The van der Waals surface area contributed by atoms with Crippen LogP contribution in [0.15, 0.2) is 23.6 Å². The normalized spacial score (nSPS) is 10.3.